The number of rotatable bonds is 7. The molecule has 4 rings (SSSR count). The van der Waals surface area contributed by atoms with Crippen molar-refractivity contribution in [3.63, 3.8) is 0 Å². The van der Waals surface area contributed by atoms with E-state index in [1.54, 1.807) is 54.6 Å². The molecule has 4 aromatic rings. The van der Waals surface area contributed by atoms with Crippen LogP contribution >= 0.6 is 23.4 Å². The molecule has 5 nitrogen and oxygen atoms in total. The third kappa shape index (κ3) is 5.98. The number of hydrogen-bond donors (Lipinski definition) is 1. The lowest BCUT2D eigenvalue weighted by Gasteiger charge is -2.17. The molecule has 1 heterocycles. The molecule has 1 aromatic heterocycles. The van der Waals surface area contributed by atoms with Gasteiger partial charge in [0.2, 0.25) is 0 Å². The van der Waals surface area contributed by atoms with Gasteiger partial charge in [0.05, 0.1) is 17.8 Å². The third-order valence-electron chi connectivity index (χ3n) is 5.77. The molecule has 1 amide bonds. The molecular formula is C27H23Cl2F3N4O. The number of nitrogens with one attached hydrogen (secondary N) is 1. The van der Waals surface area contributed by atoms with Gasteiger partial charge in [0.15, 0.2) is 0 Å². The lowest BCUT2D eigenvalue weighted by Crippen LogP contribution is -2.29. The number of aromatic nitrogens is 2. The Kier molecular flexibility index (Phi) is 7.92. The van der Waals surface area contributed by atoms with E-state index in [2.05, 4.69) is 10.2 Å². The Labute approximate surface area is 222 Å². The van der Waals surface area contributed by atoms with Crippen LogP contribution in [0.5, 0.6) is 0 Å². The second-order valence-electron chi connectivity index (χ2n) is 8.64. The molecule has 0 fully saturated rings. The topological polar surface area (TPSA) is 52.2 Å². The van der Waals surface area contributed by atoms with Gasteiger partial charge in [-0.15, -0.1) is 0 Å². The van der Waals surface area contributed by atoms with Gasteiger partial charge in [-0.1, -0.05) is 54.1 Å². The fourth-order valence-corrected chi connectivity index (χ4v) is 4.19. The fraction of sp³-hybridized carbons (Fsp3) is 0.185. The molecule has 0 unspecified atom stereocenters. The van der Waals surface area contributed by atoms with Crippen molar-refractivity contribution in [2.24, 2.45) is 0 Å². The average molecular weight is 547 g/mol. The minimum Gasteiger partial charge on any atom is -0.308 e. The minimum absolute atomic E-state index is 0.0144. The van der Waals surface area contributed by atoms with E-state index in [-0.39, 0.29) is 11.5 Å². The number of alkyl halides is 3. The van der Waals surface area contributed by atoms with E-state index in [0.29, 0.717) is 51.8 Å². The predicted molar refractivity (Wildman–Crippen MR) is 140 cm³/mol. The Morgan fingerprint density at radius 3 is 2.16 bits per heavy atom. The number of benzene rings is 3. The zero-order valence-electron chi connectivity index (χ0n) is 20.0. The van der Waals surface area contributed by atoms with Crippen LogP contribution in [-0.2, 0) is 6.18 Å². The Morgan fingerprint density at radius 1 is 0.919 bits per heavy atom. The summed E-state index contributed by atoms with van der Waals surface area (Å²) in [5.74, 6) is -0.374. The minimum atomic E-state index is -4.57. The normalized spacial score (nSPS) is 11.7. The van der Waals surface area contributed by atoms with Crippen LogP contribution in [0.2, 0.25) is 5.02 Å². The van der Waals surface area contributed by atoms with E-state index in [9.17, 15) is 18.0 Å². The molecular weight excluding hydrogens is 524 g/mol. The lowest BCUT2D eigenvalue weighted by atomic mass is 9.92. The molecule has 0 bridgehead atoms. The molecule has 10 heteroatoms. The predicted octanol–water partition coefficient (Wildman–Crippen LogP) is 7.24. The van der Waals surface area contributed by atoms with Gasteiger partial charge in [-0.25, -0.2) is 4.42 Å². The maximum atomic E-state index is 14.0. The van der Waals surface area contributed by atoms with Crippen LogP contribution in [-0.4, -0.2) is 52.6 Å². The van der Waals surface area contributed by atoms with Crippen molar-refractivity contribution in [2.45, 2.75) is 6.18 Å². The molecule has 192 valence electrons. The second kappa shape index (κ2) is 11.0. The maximum Gasteiger partial charge on any atom is 0.417 e. The van der Waals surface area contributed by atoms with Crippen molar-refractivity contribution < 1.29 is 18.0 Å². The zero-order valence-corrected chi connectivity index (χ0v) is 21.5. The lowest BCUT2D eigenvalue weighted by molar-refractivity contribution is -0.137. The maximum absolute atomic E-state index is 14.0. The van der Waals surface area contributed by atoms with E-state index in [1.165, 1.54) is 12.1 Å². The molecule has 0 spiro atoms. The summed E-state index contributed by atoms with van der Waals surface area (Å²) in [6.07, 6.45) is -4.57. The number of hydrogen-bond acceptors (Lipinski definition) is 3. The summed E-state index contributed by atoms with van der Waals surface area (Å²) >= 11 is 12.2. The van der Waals surface area contributed by atoms with Gasteiger partial charge in [-0.05, 0) is 50.0 Å². The van der Waals surface area contributed by atoms with Gasteiger partial charge in [0.25, 0.3) is 5.91 Å². The summed E-state index contributed by atoms with van der Waals surface area (Å²) < 4.78 is 43.1. The van der Waals surface area contributed by atoms with Gasteiger partial charge in [0, 0.05) is 45.6 Å². The highest BCUT2D eigenvalue weighted by Gasteiger charge is 2.35. The van der Waals surface area contributed by atoms with Gasteiger partial charge in [-0.3, -0.25) is 9.89 Å². The molecule has 0 radical (unpaired) electrons. The molecule has 0 atom stereocenters. The SMILES string of the molecule is CN(C)CCN(Cl)C(=O)c1ccc(-c2n[nH]c(-c3ccc(Cl)cc3)c2-c2ccccc2C(F)(F)F)cc1. The van der Waals surface area contributed by atoms with E-state index in [0.717, 1.165) is 10.5 Å². The van der Waals surface area contributed by atoms with Crippen LogP contribution in [0.15, 0.2) is 72.8 Å². The molecule has 0 aliphatic carbocycles. The van der Waals surface area contributed by atoms with Crippen LogP contribution in [0, 0.1) is 0 Å². The third-order valence-corrected chi connectivity index (χ3v) is 6.34. The molecule has 0 aliphatic rings. The number of halogens is 5. The number of amides is 1. The van der Waals surface area contributed by atoms with Crippen LogP contribution in [0.1, 0.15) is 15.9 Å². The van der Waals surface area contributed by atoms with E-state index in [1.807, 2.05) is 19.0 Å². The Hall–Kier alpha value is -3.33. The Bertz CT molecular complexity index is 1380. The molecule has 0 saturated heterocycles. The summed E-state index contributed by atoms with van der Waals surface area (Å²) in [5.41, 5.74) is 1.74. The van der Waals surface area contributed by atoms with Crippen molar-refractivity contribution in [2.75, 3.05) is 27.2 Å². The van der Waals surface area contributed by atoms with Gasteiger partial charge in [-0.2, -0.15) is 18.3 Å². The summed E-state index contributed by atoms with van der Waals surface area (Å²) in [4.78, 5) is 14.6. The monoisotopic (exact) mass is 546 g/mol. The first-order valence-corrected chi connectivity index (χ1v) is 12.0. The van der Waals surface area contributed by atoms with Crippen molar-refractivity contribution in [3.8, 4) is 33.6 Å². The highest BCUT2D eigenvalue weighted by molar-refractivity contribution is 6.30. The van der Waals surface area contributed by atoms with Crippen LogP contribution < -0.4 is 0 Å². The summed E-state index contributed by atoms with van der Waals surface area (Å²) in [6.45, 7) is 0.924. The molecule has 0 saturated carbocycles. The Balaban J connectivity index is 1.80. The average Bonchev–Trinajstić information content (AvgIpc) is 3.32. The molecule has 0 aliphatic heterocycles. The zero-order chi connectivity index (χ0) is 26.7. The van der Waals surface area contributed by atoms with Crippen LogP contribution in [0.4, 0.5) is 13.2 Å². The van der Waals surface area contributed by atoms with Gasteiger partial charge < -0.3 is 4.90 Å². The highest BCUT2D eigenvalue weighted by atomic mass is 35.5. The van der Waals surface area contributed by atoms with Gasteiger partial charge >= 0.3 is 6.18 Å². The number of aromatic amines is 1. The van der Waals surface area contributed by atoms with Crippen molar-refractivity contribution in [1.29, 1.82) is 0 Å². The molecule has 37 heavy (non-hydrogen) atoms. The van der Waals surface area contributed by atoms with Crippen molar-refractivity contribution in [3.05, 3.63) is 88.9 Å². The largest absolute Gasteiger partial charge is 0.417 e. The van der Waals surface area contributed by atoms with E-state index in [4.69, 9.17) is 23.4 Å². The number of likely N-dealkylation sites (N-methyl/N-ethyl adjacent to an activating group) is 1. The molecule has 1 N–H and O–H groups in total. The van der Waals surface area contributed by atoms with Crippen molar-refractivity contribution >= 4 is 29.3 Å². The van der Waals surface area contributed by atoms with Gasteiger partial charge in [0.1, 0.15) is 5.69 Å². The molecule has 3 aromatic carbocycles. The van der Waals surface area contributed by atoms with E-state index >= 15 is 0 Å². The van der Waals surface area contributed by atoms with Crippen LogP contribution in [0.3, 0.4) is 0 Å². The number of carbonyl (C=O) groups excluding carboxylic acids is 1. The van der Waals surface area contributed by atoms with E-state index < -0.39 is 11.7 Å². The number of H-pyrrole nitrogens is 1. The van der Waals surface area contributed by atoms with Crippen LogP contribution in [0.25, 0.3) is 33.6 Å². The Morgan fingerprint density at radius 2 is 1.54 bits per heavy atom. The summed E-state index contributed by atoms with van der Waals surface area (Å²) in [6, 6.07) is 18.6. The highest BCUT2D eigenvalue weighted by Crippen LogP contribution is 2.44. The summed E-state index contributed by atoms with van der Waals surface area (Å²) in [7, 11) is 3.75. The second-order valence-corrected chi connectivity index (χ2v) is 9.49. The first kappa shape index (κ1) is 26.7. The standard InChI is InChI=1S/C27H23Cl2F3N4O/c1-35(2)15-16-36(29)26(37)19-9-7-17(8-10-19)24-23(21-5-3-4-6-22(21)27(30,31)32)25(34-33-24)18-11-13-20(28)14-12-18/h3-14H,15-16H2,1-2H3,(H,33,34). The smallest absolute Gasteiger partial charge is 0.308 e. The number of carbonyl (C=O) groups is 1. The first-order chi connectivity index (χ1) is 17.6. The first-order valence-electron chi connectivity index (χ1n) is 11.3. The quantitative estimate of drug-likeness (QED) is 0.248. The number of nitrogens with zero attached hydrogens (tertiary/aromatic N) is 3. The van der Waals surface area contributed by atoms with Crippen molar-refractivity contribution in [1.82, 2.24) is 19.5 Å². The summed E-state index contributed by atoms with van der Waals surface area (Å²) in [5, 5.41) is 7.80. The fourth-order valence-electron chi connectivity index (χ4n) is 3.89.